The van der Waals surface area contributed by atoms with Crippen molar-refractivity contribution in [3.8, 4) is 0 Å². The van der Waals surface area contributed by atoms with Gasteiger partial charge in [0.05, 0.1) is 16.2 Å². The molecule has 1 saturated heterocycles. The lowest BCUT2D eigenvalue weighted by Gasteiger charge is -2.34. The van der Waals surface area contributed by atoms with E-state index in [0.717, 1.165) is 12.8 Å². The first kappa shape index (κ1) is 21.4. The minimum Gasteiger partial charge on any atom is -0.364 e. The molecule has 170 valence electrons. The van der Waals surface area contributed by atoms with Crippen LogP contribution in [0.4, 0.5) is 10.1 Å². The number of nitrogens with zero attached hydrogens (tertiary/aromatic N) is 3. The highest BCUT2D eigenvalue weighted by molar-refractivity contribution is 6.31. The van der Waals surface area contributed by atoms with Crippen molar-refractivity contribution in [2.45, 2.75) is 37.9 Å². The molecule has 8 nitrogen and oxygen atoms in total. The predicted molar refractivity (Wildman–Crippen MR) is 120 cm³/mol. The van der Waals surface area contributed by atoms with E-state index in [1.807, 2.05) is 0 Å². The summed E-state index contributed by atoms with van der Waals surface area (Å²) in [6.45, 7) is -0.147. The zero-order valence-corrected chi connectivity index (χ0v) is 18.3. The fraction of sp³-hybridized carbons (Fsp3) is 0.304. The number of nitrogens with one attached hydrogen (secondary N) is 1. The second-order valence-corrected chi connectivity index (χ2v) is 8.86. The number of amides is 3. The Morgan fingerprint density at radius 2 is 1.94 bits per heavy atom. The number of aromatic nitrogens is 2. The van der Waals surface area contributed by atoms with Gasteiger partial charge in [0.15, 0.2) is 11.5 Å². The summed E-state index contributed by atoms with van der Waals surface area (Å²) in [5.41, 5.74) is 6.12. The Balaban J connectivity index is 1.41. The van der Waals surface area contributed by atoms with Gasteiger partial charge in [0.2, 0.25) is 11.8 Å². The van der Waals surface area contributed by atoms with E-state index in [1.165, 1.54) is 16.8 Å². The molecule has 0 unspecified atom stereocenters. The topological polar surface area (TPSA) is 110 Å². The van der Waals surface area contributed by atoms with E-state index in [9.17, 15) is 18.8 Å². The van der Waals surface area contributed by atoms with Crippen LogP contribution in [0.15, 0.2) is 42.5 Å². The molecule has 3 N–H and O–H groups in total. The second-order valence-electron chi connectivity index (χ2n) is 8.45. The average molecular weight is 470 g/mol. The van der Waals surface area contributed by atoms with E-state index >= 15 is 0 Å². The standard InChI is InChI=1S/C23H21ClFN5O3/c24-15-5-3-6-16(19(15)25)27-23(33)21-12-8-9-13(10-12)30(21)18(31)11-29-17-7-2-1-4-14(17)20(28-29)22(26)32/h1-7,12-13,21H,8-11H2,(H2,26,32)(H,27,33)/t12-,13+,21-/m0/s1. The van der Waals surface area contributed by atoms with Gasteiger partial charge in [-0.05, 0) is 43.4 Å². The zero-order chi connectivity index (χ0) is 23.3. The number of carbonyl (C=O) groups is 3. The van der Waals surface area contributed by atoms with Gasteiger partial charge in [-0.1, -0.05) is 35.9 Å². The molecule has 33 heavy (non-hydrogen) atoms. The molecule has 2 fully saturated rings. The van der Waals surface area contributed by atoms with Crippen molar-refractivity contribution in [2.24, 2.45) is 11.7 Å². The van der Waals surface area contributed by atoms with Crippen LogP contribution in [0.25, 0.3) is 10.9 Å². The quantitative estimate of drug-likeness (QED) is 0.598. The van der Waals surface area contributed by atoms with Gasteiger partial charge in [-0.15, -0.1) is 0 Å². The van der Waals surface area contributed by atoms with Gasteiger partial charge in [-0.25, -0.2) is 4.39 Å². The summed E-state index contributed by atoms with van der Waals surface area (Å²) in [5.74, 6) is -2.14. The number of anilines is 1. The van der Waals surface area contributed by atoms with Gasteiger partial charge in [0.25, 0.3) is 5.91 Å². The second kappa shape index (κ2) is 8.15. The third-order valence-corrected chi connectivity index (χ3v) is 6.82. The summed E-state index contributed by atoms with van der Waals surface area (Å²) in [4.78, 5) is 39.9. The van der Waals surface area contributed by atoms with Crippen molar-refractivity contribution in [2.75, 3.05) is 5.32 Å². The van der Waals surface area contributed by atoms with E-state index < -0.39 is 23.7 Å². The SMILES string of the molecule is NC(=O)c1nn(CC(=O)N2[C@@H]3CC[C@@H](C3)[C@H]2C(=O)Nc2cccc(Cl)c2F)c2ccccc12. The van der Waals surface area contributed by atoms with Gasteiger partial charge in [-0.2, -0.15) is 5.10 Å². The summed E-state index contributed by atoms with van der Waals surface area (Å²) < 4.78 is 15.8. The zero-order valence-electron chi connectivity index (χ0n) is 17.5. The van der Waals surface area contributed by atoms with E-state index in [4.69, 9.17) is 17.3 Å². The Bertz CT molecular complexity index is 1290. The van der Waals surface area contributed by atoms with Crippen LogP contribution in [0.5, 0.6) is 0 Å². The molecule has 0 radical (unpaired) electrons. The van der Waals surface area contributed by atoms with E-state index in [2.05, 4.69) is 10.4 Å². The lowest BCUT2D eigenvalue weighted by atomic mass is 9.97. The van der Waals surface area contributed by atoms with Crippen LogP contribution in [0.3, 0.4) is 0 Å². The number of carbonyl (C=O) groups excluding carboxylic acids is 3. The monoisotopic (exact) mass is 469 g/mol. The summed E-state index contributed by atoms with van der Waals surface area (Å²) >= 11 is 5.83. The molecule has 1 saturated carbocycles. The lowest BCUT2D eigenvalue weighted by molar-refractivity contribution is -0.141. The third kappa shape index (κ3) is 3.62. The van der Waals surface area contributed by atoms with Crippen LogP contribution in [0.2, 0.25) is 5.02 Å². The molecule has 3 aromatic rings. The number of rotatable bonds is 5. The number of benzene rings is 2. The molecule has 10 heteroatoms. The van der Waals surface area contributed by atoms with Gasteiger partial charge in [-0.3, -0.25) is 19.1 Å². The van der Waals surface area contributed by atoms with E-state index in [1.54, 1.807) is 35.2 Å². The van der Waals surface area contributed by atoms with Gasteiger partial charge in [0.1, 0.15) is 12.6 Å². The molecule has 0 spiro atoms. The number of piperidine rings is 1. The highest BCUT2D eigenvalue weighted by atomic mass is 35.5. The highest BCUT2D eigenvalue weighted by Gasteiger charge is 2.51. The highest BCUT2D eigenvalue weighted by Crippen LogP contribution is 2.43. The maximum atomic E-state index is 14.3. The minimum atomic E-state index is -0.716. The molecule has 1 aromatic heterocycles. The van der Waals surface area contributed by atoms with E-state index in [0.29, 0.717) is 17.3 Å². The Morgan fingerprint density at radius 3 is 2.73 bits per heavy atom. The van der Waals surface area contributed by atoms with Crippen molar-refractivity contribution >= 4 is 45.9 Å². The normalized spacial score (nSPS) is 21.5. The Labute approximate surface area is 193 Å². The fourth-order valence-corrected chi connectivity index (χ4v) is 5.31. The lowest BCUT2D eigenvalue weighted by Crippen LogP contribution is -2.52. The minimum absolute atomic E-state index is 0.00302. The van der Waals surface area contributed by atoms with Crippen molar-refractivity contribution < 1.29 is 18.8 Å². The summed E-state index contributed by atoms with van der Waals surface area (Å²) in [7, 11) is 0. The van der Waals surface area contributed by atoms with Gasteiger partial charge < -0.3 is 16.0 Å². The number of hydrogen-bond donors (Lipinski definition) is 2. The van der Waals surface area contributed by atoms with Crippen molar-refractivity contribution in [1.29, 1.82) is 0 Å². The molecule has 2 aromatic carbocycles. The number of likely N-dealkylation sites (tertiary alicyclic amines) is 1. The first-order valence-corrected chi connectivity index (χ1v) is 11.0. The predicted octanol–water partition coefficient (Wildman–Crippen LogP) is 2.95. The van der Waals surface area contributed by atoms with E-state index in [-0.39, 0.29) is 40.8 Å². The number of halogens is 2. The van der Waals surface area contributed by atoms with Crippen LogP contribution >= 0.6 is 11.6 Å². The van der Waals surface area contributed by atoms with Crippen LogP contribution in [0.1, 0.15) is 29.8 Å². The average Bonchev–Trinajstić information content (AvgIpc) is 3.50. The molecular formula is C23H21ClFN5O3. The Morgan fingerprint density at radius 1 is 1.15 bits per heavy atom. The molecule has 2 bridgehead atoms. The fourth-order valence-electron chi connectivity index (χ4n) is 5.13. The summed E-state index contributed by atoms with van der Waals surface area (Å²) in [6.07, 6.45) is 2.34. The molecule has 2 aliphatic rings. The Kier molecular flexibility index (Phi) is 5.28. The largest absolute Gasteiger partial charge is 0.364 e. The summed E-state index contributed by atoms with van der Waals surface area (Å²) in [6, 6.07) is 10.6. The maximum absolute atomic E-state index is 14.3. The molecule has 5 rings (SSSR count). The van der Waals surface area contributed by atoms with Crippen LogP contribution < -0.4 is 11.1 Å². The number of primary amides is 1. The Hall–Kier alpha value is -3.46. The number of para-hydroxylation sites is 1. The molecule has 2 heterocycles. The molecule has 1 aliphatic heterocycles. The molecule has 3 atom stereocenters. The number of hydrogen-bond acceptors (Lipinski definition) is 4. The first-order valence-electron chi connectivity index (χ1n) is 10.7. The molecule has 1 aliphatic carbocycles. The first-order chi connectivity index (χ1) is 15.8. The van der Waals surface area contributed by atoms with Crippen LogP contribution in [-0.4, -0.2) is 44.5 Å². The summed E-state index contributed by atoms with van der Waals surface area (Å²) in [5, 5.41) is 7.32. The van der Waals surface area contributed by atoms with Crippen molar-refractivity contribution in [3.63, 3.8) is 0 Å². The molecule has 3 amide bonds. The van der Waals surface area contributed by atoms with Crippen LogP contribution in [-0.2, 0) is 16.1 Å². The van der Waals surface area contributed by atoms with Crippen molar-refractivity contribution in [1.82, 2.24) is 14.7 Å². The van der Waals surface area contributed by atoms with Gasteiger partial charge in [0, 0.05) is 11.4 Å². The molecular weight excluding hydrogens is 449 g/mol. The van der Waals surface area contributed by atoms with Crippen LogP contribution in [0, 0.1) is 11.7 Å². The number of nitrogens with two attached hydrogens (primary N) is 1. The number of fused-ring (bicyclic) bond motifs is 3. The smallest absolute Gasteiger partial charge is 0.269 e. The third-order valence-electron chi connectivity index (χ3n) is 6.53. The van der Waals surface area contributed by atoms with Crippen molar-refractivity contribution in [3.05, 3.63) is 59.0 Å². The van der Waals surface area contributed by atoms with Gasteiger partial charge >= 0.3 is 0 Å². The maximum Gasteiger partial charge on any atom is 0.269 e.